The van der Waals surface area contributed by atoms with Gasteiger partial charge < -0.3 is 5.11 Å². The Morgan fingerprint density at radius 3 is 2.81 bits per heavy atom. The van der Waals surface area contributed by atoms with Gasteiger partial charge in [0.05, 0.1) is 17.3 Å². The van der Waals surface area contributed by atoms with Crippen LogP contribution in [0.5, 0.6) is 0 Å². The van der Waals surface area contributed by atoms with Crippen LogP contribution in [0.15, 0.2) is 30.3 Å². The molecule has 1 aromatic heterocycles. The first kappa shape index (κ1) is 9.09. The van der Waals surface area contributed by atoms with E-state index in [4.69, 9.17) is 0 Å². The lowest BCUT2D eigenvalue weighted by molar-refractivity contribution is 0.541. The highest BCUT2D eigenvalue weighted by Crippen LogP contribution is 2.21. The lowest BCUT2D eigenvalue weighted by Crippen LogP contribution is -2.06. The Morgan fingerprint density at radius 2 is 2.00 bits per heavy atom. The molecule has 78 valence electrons. The normalized spacial score (nSPS) is 12.7. The van der Waals surface area contributed by atoms with Crippen molar-refractivity contribution in [1.82, 2.24) is 9.97 Å². The molecule has 2 aromatic carbocycles. The van der Waals surface area contributed by atoms with Crippen LogP contribution < -0.4 is 5.22 Å². The van der Waals surface area contributed by atoms with E-state index in [1.165, 1.54) is 0 Å². The Hall–Kier alpha value is -2.16. The van der Waals surface area contributed by atoms with Gasteiger partial charge in [-0.2, -0.15) is 0 Å². The van der Waals surface area contributed by atoms with E-state index in [0.717, 1.165) is 33.3 Å². The molecule has 0 amide bonds. The van der Waals surface area contributed by atoms with Crippen LogP contribution in [-0.2, 0) is 0 Å². The van der Waals surface area contributed by atoms with Gasteiger partial charge >= 0.3 is 0 Å². The average molecular weight is 210 g/mol. The second kappa shape index (κ2) is 3.17. The van der Waals surface area contributed by atoms with E-state index in [0.29, 0.717) is 5.82 Å². The molecule has 0 aliphatic rings. The maximum Gasteiger partial charge on any atom is 0.126 e. The van der Waals surface area contributed by atoms with Gasteiger partial charge in [0.1, 0.15) is 5.82 Å². The van der Waals surface area contributed by atoms with Crippen LogP contribution in [0.2, 0.25) is 0 Å². The van der Waals surface area contributed by atoms with E-state index < -0.39 is 0 Å². The molecule has 16 heavy (non-hydrogen) atoms. The molecule has 1 heterocycles. The van der Waals surface area contributed by atoms with Crippen molar-refractivity contribution in [2.75, 3.05) is 0 Å². The van der Waals surface area contributed by atoms with Gasteiger partial charge in [0.25, 0.3) is 0 Å². The van der Waals surface area contributed by atoms with Gasteiger partial charge in [0.15, 0.2) is 0 Å². The third-order valence-electron chi connectivity index (χ3n) is 2.72. The molecule has 0 aliphatic heterocycles. The number of benzene rings is 2. The predicted molar refractivity (Wildman–Crippen MR) is 64.1 cm³/mol. The molecule has 0 saturated carbocycles. The molecule has 0 fully saturated rings. The third kappa shape index (κ3) is 1.15. The minimum Gasteiger partial charge on any atom is -0.515 e. The van der Waals surface area contributed by atoms with Gasteiger partial charge in [0, 0.05) is 10.6 Å². The Balaban J connectivity index is 2.72. The van der Waals surface area contributed by atoms with Gasteiger partial charge in [-0.3, -0.25) is 0 Å². The van der Waals surface area contributed by atoms with Crippen molar-refractivity contribution in [1.29, 1.82) is 0 Å². The van der Waals surface area contributed by atoms with Crippen molar-refractivity contribution in [2.45, 2.75) is 6.92 Å². The van der Waals surface area contributed by atoms with Crippen LogP contribution in [0.1, 0.15) is 5.82 Å². The minimum atomic E-state index is 0.717. The molecule has 3 rings (SSSR count). The van der Waals surface area contributed by atoms with Crippen molar-refractivity contribution in [3.8, 4) is 0 Å². The highest BCUT2D eigenvalue weighted by molar-refractivity contribution is 6.06. The number of aliphatic hydroxyl groups is 1. The van der Waals surface area contributed by atoms with E-state index in [-0.39, 0.29) is 0 Å². The summed E-state index contributed by atoms with van der Waals surface area (Å²) < 4.78 is 0. The fraction of sp³-hybridized carbons (Fsp3) is 0.0769. The quantitative estimate of drug-likeness (QED) is 0.618. The fourth-order valence-electron chi connectivity index (χ4n) is 2.04. The van der Waals surface area contributed by atoms with Gasteiger partial charge in [-0.15, -0.1) is 0 Å². The number of hydrogen-bond acceptors (Lipinski definition) is 3. The van der Waals surface area contributed by atoms with Gasteiger partial charge in [-0.05, 0) is 24.4 Å². The molecule has 0 radical (unpaired) electrons. The summed E-state index contributed by atoms with van der Waals surface area (Å²) in [6.07, 6.45) is 1.09. The van der Waals surface area contributed by atoms with Crippen molar-refractivity contribution in [2.24, 2.45) is 0 Å². The number of hydrogen-bond donors (Lipinski definition) is 1. The van der Waals surface area contributed by atoms with Crippen molar-refractivity contribution in [3.63, 3.8) is 0 Å². The first-order chi connectivity index (χ1) is 7.79. The van der Waals surface area contributed by atoms with Gasteiger partial charge in [0.2, 0.25) is 0 Å². The fourth-order valence-corrected chi connectivity index (χ4v) is 2.04. The molecule has 0 spiro atoms. The molecule has 1 N–H and O–H groups in total. The molecule has 3 aromatic rings. The van der Waals surface area contributed by atoms with E-state index >= 15 is 0 Å². The minimum absolute atomic E-state index is 0.717. The summed E-state index contributed by atoms with van der Waals surface area (Å²) in [6.45, 7) is 1.86. The van der Waals surface area contributed by atoms with Crippen molar-refractivity contribution < 1.29 is 5.11 Å². The summed E-state index contributed by atoms with van der Waals surface area (Å²) in [5, 5.41) is 12.0. The van der Waals surface area contributed by atoms with Crippen LogP contribution in [0, 0.1) is 6.92 Å². The number of rotatable bonds is 0. The average Bonchev–Trinajstić information content (AvgIpc) is 2.29. The summed E-state index contributed by atoms with van der Waals surface area (Å²) >= 11 is 0. The van der Waals surface area contributed by atoms with Gasteiger partial charge in [-0.25, -0.2) is 9.97 Å². The predicted octanol–water partition coefficient (Wildman–Crippen LogP) is 2.11. The molecule has 0 atom stereocenters. The zero-order valence-corrected chi connectivity index (χ0v) is 8.81. The maximum atomic E-state index is 9.19. The standard InChI is InChI=1S/C13H10N2O/c1-8-14-11-4-2-3-9-5-6-10(7-16)13(15-8)12(9)11/h2-7,16H,1H3/b10-7+. The summed E-state index contributed by atoms with van der Waals surface area (Å²) in [6, 6.07) is 9.80. The second-order valence-corrected chi connectivity index (χ2v) is 3.78. The topological polar surface area (TPSA) is 46.0 Å². The molecular formula is C13H10N2O. The molecule has 0 saturated heterocycles. The number of aromatic nitrogens is 2. The van der Waals surface area contributed by atoms with Crippen molar-refractivity contribution >= 4 is 28.1 Å². The van der Waals surface area contributed by atoms with E-state index in [9.17, 15) is 5.11 Å². The SMILES string of the molecule is Cc1nc2cccc3cc/c(=C\O)c(n1)c32. The van der Waals surface area contributed by atoms with Crippen LogP contribution in [-0.4, -0.2) is 15.1 Å². The first-order valence-corrected chi connectivity index (χ1v) is 5.10. The third-order valence-corrected chi connectivity index (χ3v) is 2.72. The Bertz CT molecular complexity index is 734. The van der Waals surface area contributed by atoms with Crippen LogP contribution >= 0.6 is 0 Å². The summed E-state index contributed by atoms with van der Waals surface area (Å²) in [7, 11) is 0. The number of nitrogens with zero attached hydrogens (tertiary/aromatic N) is 2. The molecule has 0 aliphatic carbocycles. The summed E-state index contributed by atoms with van der Waals surface area (Å²) in [5.74, 6) is 0.717. The maximum absolute atomic E-state index is 9.19. The first-order valence-electron chi connectivity index (χ1n) is 5.10. The van der Waals surface area contributed by atoms with Crippen molar-refractivity contribution in [3.05, 3.63) is 41.4 Å². The molecule has 3 heteroatoms. The monoisotopic (exact) mass is 210 g/mol. The number of aryl methyl sites for hydroxylation is 1. The summed E-state index contributed by atoms with van der Waals surface area (Å²) in [5.41, 5.74) is 1.73. The van der Waals surface area contributed by atoms with Crippen LogP contribution in [0.25, 0.3) is 28.1 Å². The largest absolute Gasteiger partial charge is 0.515 e. The van der Waals surface area contributed by atoms with E-state index in [1.807, 2.05) is 37.3 Å². The zero-order chi connectivity index (χ0) is 11.1. The molecule has 0 bridgehead atoms. The van der Waals surface area contributed by atoms with Gasteiger partial charge in [-0.1, -0.05) is 18.2 Å². The van der Waals surface area contributed by atoms with Crippen LogP contribution in [0.3, 0.4) is 0 Å². The number of aliphatic hydroxyl groups excluding tert-OH is 1. The van der Waals surface area contributed by atoms with E-state index in [2.05, 4.69) is 9.97 Å². The lowest BCUT2D eigenvalue weighted by Gasteiger charge is -2.05. The summed E-state index contributed by atoms with van der Waals surface area (Å²) in [4.78, 5) is 8.79. The molecule has 3 nitrogen and oxygen atoms in total. The lowest BCUT2D eigenvalue weighted by atomic mass is 10.1. The Kier molecular flexibility index (Phi) is 1.80. The molecular weight excluding hydrogens is 200 g/mol. The highest BCUT2D eigenvalue weighted by atomic mass is 16.2. The smallest absolute Gasteiger partial charge is 0.126 e. The Morgan fingerprint density at radius 1 is 1.12 bits per heavy atom. The highest BCUT2D eigenvalue weighted by Gasteiger charge is 2.06. The Labute approximate surface area is 92.1 Å². The molecule has 0 unspecified atom stereocenters. The second-order valence-electron chi connectivity index (χ2n) is 3.78. The van der Waals surface area contributed by atoms with Crippen LogP contribution in [0.4, 0.5) is 0 Å². The van der Waals surface area contributed by atoms with E-state index in [1.54, 1.807) is 0 Å². The zero-order valence-electron chi connectivity index (χ0n) is 8.81.